The molecule has 4 heteroatoms. The molecule has 23 heavy (non-hydrogen) atoms. The third-order valence-corrected chi connectivity index (χ3v) is 5.41. The summed E-state index contributed by atoms with van der Waals surface area (Å²) in [5, 5.41) is 10.3. The van der Waals surface area contributed by atoms with Crippen molar-refractivity contribution in [3.05, 3.63) is 29.3 Å². The zero-order valence-electron chi connectivity index (χ0n) is 14.7. The molecule has 0 saturated carbocycles. The van der Waals surface area contributed by atoms with Gasteiger partial charge in [0.15, 0.2) is 0 Å². The molecule has 0 spiro atoms. The number of anilines is 1. The van der Waals surface area contributed by atoms with E-state index in [0.29, 0.717) is 12.0 Å². The first-order chi connectivity index (χ1) is 10.9. The van der Waals surface area contributed by atoms with Crippen molar-refractivity contribution in [2.24, 2.45) is 5.92 Å². The molecule has 2 heterocycles. The van der Waals surface area contributed by atoms with E-state index in [1.54, 1.807) is 0 Å². The zero-order valence-corrected chi connectivity index (χ0v) is 14.7. The van der Waals surface area contributed by atoms with Crippen molar-refractivity contribution in [3.63, 3.8) is 0 Å². The molecule has 1 aromatic rings. The minimum absolute atomic E-state index is 0.102. The van der Waals surface area contributed by atoms with Crippen LogP contribution in [0.1, 0.15) is 44.7 Å². The largest absolute Gasteiger partial charge is 0.373 e. The summed E-state index contributed by atoms with van der Waals surface area (Å²) in [5.74, 6) is 0.681. The summed E-state index contributed by atoms with van der Waals surface area (Å²) in [6.07, 6.45) is 3.22. The molecule has 2 aliphatic rings. The molecule has 1 fully saturated rings. The first-order valence-electron chi connectivity index (χ1n) is 8.79. The highest BCUT2D eigenvalue weighted by Gasteiger charge is 2.38. The maximum atomic E-state index is 12.8. The molecule has 1 saturated heterocycles. The summed E-state index contributed by atoms with van der Waals surface area (Å²) in [6.45, 7) is 9.68. The number of piperidine rings is 1. The highest BCUT2D eigenvalue weighted by Crippen LogP contribution is 2.30. The lowest BCUT2D eigenvalue weighted by atomic mass is 9.80. The van der Waals surface area contributed by atoms with E-state index in [0.717, 1.165) is 18.7 Å². The minimum Gasteiger partial charge on any atom is -0.373 e. The van der Waals surface area contributed by atoms with Crippen LogP contribution in [-0.2, 0) is 11.2 Å². The van der Waals surface area contributed by atoms with Crippen LogP contribution < -0.4 is 16.0 Å². The molecule has 0 radical (unpaired) electrons. The van der Waals surface area contributed by atoms with Crippen molar-refractivity contribution in [1.29, 1.82) is 0 Å². The Morgan fingerprint density at radius 3 is 2.83 bits per heavy atom. The number of fused-ring (bicyclic) bond motifs is 1. The van der Waals surface area contributed by atoms with E-state index in [9.17, 15) is 4.79 Å². The van der Waals surface area contributed by atoms with Gasteiger partial charge in [-0.15, -0.1) is 0 Å². The second kappa shape index (κ2) is 6.16. The molecular weight excluding hydrogens is 286 g/mol. The predicted molar refractivity (Wildman–Crippen MR) is 94.7 cm³/mol. The van der Waals surface area contributed by atoms with Gasteiger partial charge in [-0.25, -0.2) is 0 Å². The van der Waals surface area contributed by atoms with Crippen molar-refractivity contribution in [2.45, 2.75) is 64.6 Å². The summed E-state index contributed by atoms with van der Waals surface area (Å²) in [7, 11) is 0. The van der Waals surface area contributed by atoms with Crippen LogP contribution in [0.25, 0.3) is 0 Å². The van der Waals surface area contributed by atoms with E-state index in [4.69, 9.17) is 0 Å². The van der Waals surface area contributed by atoms with Crippen molar-refractivity contribution < 1.29 is 4.79 Å². The number of amides is 1. The van der Waals surface area contributed by atoms with Crippen LogP contribution in [0.3, 0.4) is 0 Å². The smallest absolute Gasteiger partial charge is 0.243 e. The van der Waals surface area contributed by atoms with Gasteiger partial charge in [0.05, 0.1) is 0 Å². The Morgan fingerprint density at radius 2 is 2.13 bits per heavy atom. The second-order valence-corrected chi connectivity index (χ2v) is 7.77. The zero-order chi connectivity index (χ0) is 16.6. The van der Waals surface area contributed by atoms with E-state index in [2.05, 4.69) is 61.8 Å². The number of nitrogens with one attached hydrogen (secondary N) is 3. The lowest BCUT2D eigenvalue weighted by Gasteiger charge is -2.42. The predicted octanol–water partition coefficient (Wildman–Crippen LogP) is 2.61. The van der Waals surface area contributed by atoms with Gasteiger partial charge in [0.2, 0.25) is 5.91 Å². The molecule has 3 rings (SSSR count). The molecular formula is C19H29N3O. The van der Waals surface area contributed by atoms with Crippen molar-refractivity contribution in [3.8, 4) is 0 Å². The molecule has 3 atom stereocenters. The van der Waals surface area contributed by atoms with E-state index < -0.39 is 0 Å². The standard InChI is InChI=1S/C19H29N3O/c1-12-7-5-9-14-11-15(21-16(12)14)18(23)22-19(3,4)17-13(2)8-6-10-20-17/h5,7,9,13,15,17,20-21H,6,8,10-11H2,1-4H3,(H,22,23). The molecule has 126 valence electrons. The Labute approximate surface area is 139 Å². The Balaban J connectivity index is 1.67. The van der Waals surface area contributed by atoms with Crippen LogP contribution in [0.4, 0.5) is 5.69 Å². The third kappa shape index (κ3) is 3.23. The number of rotatable bonds is 3. The summed E-state index contributed by atoms with van der Waals surface area (Å²) in [4.78, 5) is 12.8. The van der Waals surface area contributed by atoms with Gasteiger partial charge < -0.3 is 16.0 Å². The average molecular weight is 315 g/mol. The highest BCUT2D eigenvalue weighted by atomic mass is 16.2. The molecule has 0 aliphatic carbocycles. The second-order valence-electron chi connectivity index (χ2n) is 7.77. The summed E-state index contributed by atoms with van der Waals surface area (Å²) in [5.41, 5.74) is 3.34. The third-order valence-electron chi connectivity index (χ3n) is 5.41. The lowest BCUT2D eigenvalue weighted by molar-refractivity contribution is -0.123. The highest BCUT2D eigenvalue weighted by molar-refractivity contribution is 5.88. The normalized spacial score (nSPS) is 27.2. The van der Waals surface area contributed by atoms with Gasteiger partial charge >= 0.3 is 0 Å². The molecule has 4 nitrogen and oxygen atoms in total. The summed E-state index contributed by atoms with van der Waals surface area (Å²) >= 11 is 0. The van der Waals surface area contributed by atoms with Crippen molar-refractivity contribution >= 4 is 11.6 Å². The number of hydrogen-bond acceptors (Lipinski definition) is 3. The molecule has 3 unspecified atom stereocenters. The monoisotopic (exact) mass is 315 g/mol. The molecule has 2 aliphatic heterocycles. The van der Waals surface area contributed by atoms with E-state index in [-0.39, 0.29) is 17.5 Å². The van der Waals surface area contributed by atoms with Crippen LogP contribution >= 0.6 is 0 Å². The van der Waals surface area contributed by atoms with Gasteiger partial charge in [-0.3, -0.25) is 4.79 Å². The SMILES string of the molecule is Cc1cccc2c1NC(C(=O)NC(C)(C)C1NCCCC1C)C2. The van der Waals surface area contributed by atoms with Gasteiger partial charge in [0, 0.05) is 23.7 Å². The maximum Gasteiger partial charge on any atom is 0.243 e. The average Bonchev–Trinajstić information content (AvgIpc) is 2.93. The molecule has 0 bridgehead atoms. The van der Waals surface area contributed by atoms with Crippen LogP contribution in [0.5, 0.6) is 0 Å². The van der Waals surface area contributed by atoms with Gasteiger partial charge in [-0.1, -0.05) is 25.1 Å². The fourth-order valence-electron chi connectivity index (χ4n) is 4.21. The Hall–Kier alpha value is -1.55. The lowest BCUT2D eigenvalue weighted by Crippen LogP contribution is -2.63. The van der Waals surface area contributed by atoms with Crippen LogP contribution in [0.15, 0.2) is 18.2 Å². The molecule has 0 aromatic heterocycles. The minimum atomic E-state index is -0.248. The van der Waals surface area contributed by atoms with E-state index in [1.807, 2.05) is 0 Å². The number of hydrogen-bond donors (Lipinski definition) is 3. The van der Waals surface area contributed by atoms with Crippen LogP contribution in [0, 0.1) is 12.8 Å². The number of benzene rings is 1. The van der Waals surface area contributed by atoms with Crippen molar-refractivity contribution in [2.75, 3.05) is 11.9 Å². The quantitative estimate of drug-likeness (QED) is 0.804. The van der Waals surface area contributed by atoms with Gasteiger partial charge in [0.25, 0.3) is 0 Å². The number of aryl methyl sites for hydroxylation is 1. The van der Waals surface area contributed by atoms with Gasteiger partial charge in [-0.05, 0) is 57.2 Å². The first kappa shape index (κ1) is 16.3. The Bertz CT molecular complexity index is 596. The van der Waals surface area contributed by atoms with Gasteiger partial charge in [0.1, 0.15) is 6.04 Å². The number of carbonyl (C=O) groups is 1. The molecule has 1 aromatic carbocycles. The summed E-state index contributed by atoms with van der Waals surface area (Å²) in [6, 6.07) is 6.42. The van der Waals surface area contributed by atoms with Gasteiger partial charge in [-0.2, -0.15) is 0 Å². The molecule has 3 N–H and O–H groups in total. The number of para-hydroxylation sites is 1. The topological polar surface area (TPSA) is 53.2 Å². The van der Waals surface area contributed by atoms with Crippen molar-refractivity contribution in [1.82, 2.24) is 10.6 Å². The Morgan fingerprint density at radius 1 is 1.35 bits per heavy atom. The summed E-state index contributed by atoms with van der Waals surface area (Å²) < 4.78 is 0. The maximum absolute atomic E-state index is 12.8. The van der Waals surface area contributed by atoms with E-state index in [1.165, 1.54) is 24.0 Å². The molecule has 1 amide bonds. The number of carbonyl (C=O) groups excluding carboxylic acids is 1. The Kier molecular flexibility index (Phi) is 4.37. The van der Waals surface area contributed by atoms with E-state index >= 15 is 0 Å². The fourth-order valence-corrected chi connectivity index (χ4v) is 4.21. The van der Waals surface area contributed by atoms with Crippen LogP contribution in [-0.4, -0.2) is 30.1 Å². The first-order valence-corrected chi connectivity index (χ1v) is 8.79. The van der Waals surface area contributed by atoms with Crippen LogP contribution in [0.2, 0.25) is 0 Å². The fraction of sp³-hybridized carbons (Fsp3) is 0.632.